The lowest BCUT2D eigenvalue weighted by molar-refractivity contribution is -0.384. The Morgan fingerprint density at radius 2 is 1.85 bits per heavy atom. The minimum Gasteiger partial charge on any atom is -0.497 e. The first-order valence-electron chi connectivity index (χ1n) is 10.4. The number of ether oxygens (including phenoxy) is 1. The summed E-state index contributed by atoms with van der Waals surface area (Å²) in [5.74, 6) is 0.549. The molecular weight excluding hydrogens is 464 g/mol. The number of amides is 1. The lowest BCUT2D eigenvalue weighted by Gasteiger charge is -2.23. The minimum atomic E-state index is -0.449. The Hall–Kier alpha value is -3.01. The van der Waals surface area contributed by atoms with Crippen molar-refractivity contribution in [3.63, 3.8) is 0 Å². The fraction of sp³-hybridized carbons (Fsp3) is 0.304. The van der Waals surface area contributed by atoms with Gasteiger partial charge in [0.1, 0.15) is 5.75 Å². The molecule has 0 aliphatic carbocycles. The van der Waals surface area contributed by atoms with Gasteiger partial charge in [0, 0.05) is 31.3 Å². The van der Waals surface area contributed by atoms with Gasteiger partial charge in [-0.25, -0.2) is 4.98 Å². The van der Waals surface area contributed by atoms with Crippen LogP contribution in [0.1, 0.15) is 19.4 Å². The highest BCUT2D eigenvalue weighted by molar-refractivity contribution is 7.22. The molecule has 1 aromatic heterocycles. The second-order valence-corrected chi connectivity index (χ2v) is 8.04. The number of halogens is 1. The van der Waals surface area contributed by atoms with Crippen LogP contribution in [-0.4, -0.2) is 54.0 Å². The van der Waals surface area contributed by atoms with Gasteiger partial charge in [0.25, 0.3) is 11.6 Å². The minimum absolute atomic E-state index is 0. The summed E-state index contributed by atoms with van der Waals surface area (Å²) in [4.78, 5) is 32.1. The normalized spacial score (nSPS) is 11.0. The van der Waals surface area contributed by atoms with Crippen molar-refractivity contribution in [2.45, 2.75) is 13.8 Å². The number of rotatable bonds is 10. The fourth-order valence-electron chi connectivity index (χ4n) is 3.18. The molecule has 0 unspecified atom stereocenters. The average Bonchev–Trinajstić information content (AvgIpc) is 3.23. The van der Waals surface area contributed by atoms with E-state index in [-0.39, 0.29) is 24.0 Å². The molecule has 0 aliphatic heterocycles. The van der Waals surface area contributed by atoms with Crippen LogP contribution in [-0.2, 0) is 4.79 Å². The number of carbonyl (C=O) groups excluding carboxylic acids is 1. The topological polar surface area (TPSA) is 88.8 Å². The van der Waals surface area contributed by atoms with Crippen molar-refractivity contribution in [3.8, 4) is 5.75 Å². The van der Waals surface area contributed by atoms with Crippen molar-refractivity contribution >= 4 is 56.8 Å². The zero-order chi connectivity index (χ0) is 23.1. The number of carbonyl (C=O) groups is 1. The summed E-state index contributed by atoms with van der Waals surface area (Å²) >= 11 is 1.44. The Kier molecular flexibility index (Phi) is 9.77. The number of nitro groups is 1. The van der Waals surface area contributed by atoms with Gasteiger partial charge >= 0.3 is 0 Å². The van der Waals surface area contributed by atoms with Crippen LogP contribution >= 0.6 is 23.7 Å². The predicted molar refractivity (Wildman–Crippen MR) is 136 cm³/mol. The standard InChI is InChI=1S/C23H26N4O4S.ClH/c1-4-25(5-2)14-15-26(23-24-20-12-11-19(31-3)16-21(20)32-23)22(28)13-8-17-6-9-18(10-7-17)27(29)30;/h6-13,16H,4-5,14-15H2,1-3H3;1H. The quantitative estimate of drug-likeness (QED) is 0.225. The highest BCUT2D eigenvalue weighted by atomic mass is 35.5. The van der Waals surface area contributed by atoms with Gasteiger partial charge in [0.2, 0.25) is 0 Å². The number of hydrogen-bond donors (Lipinski definition) is 0. The molecular formula is C23H27ClN4O4S. The van der Waals surface area contributed by atoms with Gasteiger partial charge in [-0.2, -0.15) is 0 Å². The Bertz CT molecular complexity index is 1110. The van der Waals surface area contributed by atoms with Crippen molar-refractivity contribution in [2.24, 2.45) is 0 Å². The zero-order valence-corrected chi connectivity index (χ0v) is 20.4. The van der Waals surface area contributed by atoms with Gasteiger partial charge < -0.3 is 9.64 Å². The van der Waals surface area contributed by atoms with E-state index in [0.29, 0.717) is 17.2 Å². The molecule has 0 bridgehead atoms. The van der Waals surface area contributed by atoms with E-state index in [4.69, 9.17) is 4.74 Å². The lowest BCUT2D eigenvalue weighted by atomic mass is 10.2. The maximum Gasteiger partial charge on any atom is 0.269 e. The number of aromatic nitrogens is 1. The van der Waals surface area contributed by atoms with E-state index in [9.17, 15) is 14.9 Å². The van der Waals surface area contributed by atoms with E-state index in [1.165, 1.54) is 29.5 Å². The number of benzene rings is 2. The molecule has 33 heavy (non-hydrogen) atoms. The molecule has 1 amide bonds. The second kappa shape index (κ2) is 12.3. The van der Waals surface area contributed by atoms with E-state index >= 15 is 0 Å². The van der Waals surface area contributed by atoms with Crippen molar-refractivity contribution in [1.29, 1.82) is 0 Å². The first-order valence-corrected chi connectivity index (χ1v) is 11.2. The highest BCUT2D eigenvalue weighted by Crippen LogP contribution is 2.31. The van der Waals surface area contributed by atoms with Crippen LogP contribution in [0.25, 0.3) is 16.3 Å². The molecule has 0 saturated heterocycles. The van der Waals surface area contributed by atoms with Crippen molar-refractivity contribution in [3.05, 3.63) is 64.2 Å². The van der Waals surface area contributed by atoms with Crippen LogP contribution in [0, 0.1) is 10.1 Å². The molecule has 0 radical (unpaired) electrons. The van der Waals surface area contributed by atoms with Crippen LogP contribution in [0.2, 0.25) is 0 Å². The van der Waals surface area contributed by atoms with E-state index in [2.05, 4.69) is 23.7 Å². The van der Waals surface area contributed by atoms with Gasteiger partial charge in [-0.3, -0.25) is 19.8 Å². The molecule has 0 N–H and O–H groups in total. The number of hydrogen-bond acceptors (Lipinski definition) is 7. The smallest absolute Gasteiger partial charge is 0.269 e. The Morgan fingerprint density at radius 1 is 1.15 bits per heavy atom. The third-order valence-electron chi connectivity index (χ3n) is 5.14. The summed E-state index contributed by atoms with van der Waals surface area (Å²) in [5.41, 5.74) is 1.53. The first kappa shape index (κ1) is 26.2. The molecule has 0 spiro atoms. The molecule has 10 heteroatoms. The summed E-state index contributed by atoms with van der Waals surface area (Å²) < 4.78 is 6.24. The maximum absolute atomic E-state index is 13.1. The van der Waals surface area contributed by atoms with Crippen LogP contribution in [0.15, 0.2) is 48.5 Å². The van der Waals surface area contributed by atoms with Gasteiger partial charge in [-0.1, -0.05) is 25.2 Å². The van der Waals surface area contributed by atoms with E-state index in [1.54, 1.807) is 30.2 Å². The Morgan fingerprint density at radius 3 is 2.45 bits per heavy atom. The average molecular weight is 491 g/mol. The number of non-ortho nitro benzene ring substituents is 1. The monoisotopic (exact) mass is 490 g/mol. The third-order valence-corrected chi connectivity index (χ3v) is 6.18. The van der Waals surface area contributed by atoms with Crippen molar-refractivity contribution < 1.29 is 14.5 Å². The third kappa shape index (κ3) is 6.74. The molecule has 3 aromatic rings. The van der Waals surface area contributed by atoms with Crippen LogP contribution < -0.4 is 9.64 Å². The number of nitro benzene ring substituents is 1. The number of thiazole rings is 1. The molecule has 0 atom stereocenters. The van der Waals surface area contributed by atoms with Gasteiger partial charge in [-0.05, 0) is 55.1 Å². The molecule has 2 aromatic carbocycles. The number of anilines is 1. The first-order chi connectivity index (χ1) is 15.4. The molecule has 8 nitrogen and oxygen atoms in total. The van der Waals surface area contributed by atoms with Crippen molar-refractivity contribution in [2.75, 3.05) is 38.2 Å². The second-order valence-electron chi connectivity index (χ2n) is 7.03. The number of likely N-dealkylation sites (N-methyl/N-ethyl adjacent to an activating group) is 1. The Labute approximate surface area is 203 Å². The largest absolute Gasteiger partial charge is 0.497 e. The number of nitrogens with zero attached hydrogens (tertiary/aromatic N) is 4. The van der Waals surface area contributed by atoms with Crippen molar-refractivity contribution in [1.82, 2.24) is 9.88 Å². The van der Waals surface area contributed by atoms with Crippen LogP contribution in [0.5, 0.6) is 5.75 Å². The highest BCUT2D eigenvalue weighted by Gasteiger charge is 2.19. The summed E-state index contributed by atoms with van der Waals surface area (Å²) in [6.45, 7) is 7.20. The van der Waals surface area contributed by atoms with E-state index in [0.717, 1.165) is 35.6 Å². The molecule has 3 rings (SSSR count). The van der Waals surface area contributed by atoms with Crippen LogP contribution in [0.4, 0.5) is 10.8 Å². The van der Waals surface area contributed by atoms with Gasteiger partial charge in [0.05, 0.1) is 22.2 Å². The van der Waals surface area contributed by atoms with Gasteiger partial charge in [-0.15, -0.1) is 12.4 Å². The lowest BCUT2D eigenvalue weighted by Crippen LogP contribution is -2.38. The molecule has 1 heterocycles. The maximum atomic E-state index is 13.1. The van der Waals surface area contributed by atoms with E-state index < -0.39 is 4.92 Å². The number of fused-ring (bicyclic) bond motifs is 1. The van der Waals surface area contributed by atoms with Crippen LogP contribution in [0.3, 0.4) is 0 Å². The summed E-state index contributed by atoms with van der Waals surface area (Å²) in [6, 6.07) is 11.7. The molecule has 0 aliphatic rings. The molecule has 0 fully saturated rings. The summed E-state index contributed by atoms with van der Waals surface area (Å²) in [5, 5.41) is 11.4. The molecule has 0 saturated carbocycles. The van der Waals surface area contributed by atoms with Gasteiger partial charge in [0.15, 0.2) is 5.13 Å². The number of methoxy groups -OCH3 is 1. The molecule has 176 valence electrons. The SMILES string of the molecule is CCN(CC)CCN(C(=O)C=Cc1ccc([N+](=O)[O-])cc1)c1nc2ccc(OC)cc2s1.Cl. The summed E-state index contributed by atoms with van der Waals surface area (Å²) in [7, 11) is 1.62. The zero-order valence-electron chi connectivity index (χ0n) is 18.8. The fourth-order valence-corrected chi connectivity index (χ4v) is 4.21. The predicted octanol–water partition coefficient (Wildman–Crippen LogP) is 5.02. The summed E-state index contributed by atoms with van der Waals surface area (Å²) in [6.07, 6.45) is 3.14. The van der Waals surface area contributed by atoms with E-state index in [1.807, 2.05) is 18.2 Å². The Balaban J connectivity index is 0.00000385.